The van der Waals surface area contributed by atoms with Gasteiger partial charge in [0.25, 0.3) is 0 Å². The van der Waals surface area contributed by atoms with E-state index in [1.54, 1.807) is 0 Å². The lowest BCUT2D eigenvalue weighted by atomic mass is 9.86. The Labute approximate surface area is 123 Å². The number of hydrogen-bond acceptors (Lipinski definition) is 2. The summed E-state index contributed by atoms with van der Waals surface area (Å²) < 4.78 is 0. The maximum absolute atomic E-state index is 9.10. The zero-order valence-corrected chi connectivity index (χ0v) is 13.4. The summed E-state index contributed by atoms with van der Waals surface area (Å²) in [4.78, 5) is 0. The van der Waals surface area contributed by atoms with Crippen LogP contribution in [-0.4, -0.2) is 18.3 Å². The number of aliphatic hydroxyl groups excluding tert-OH is 1. The molecule has 2 N–H and O–H groups in total. The van der Waals surface area contributed by atoms with Gasteiger partial charge >= 0.3 is 0 Å². The van der Waals surface area contributed by atoms with Crippen molar-refractivity contribution in [2.45, 2.75) is 58.4 Å². The molecular weight excluding hydrogens is 246 g/mol. The van der Waals surface area contributed by atoms with Crippen LogP contribution in [0.2, 0.25) is 0 Å². The van der Waals surface area contributed by atoms with Crippen molar-refractivity contribution < 1.29 is 5.11 Å². The van der Waals surface area contributed by atoms with Gasteiger partial charge in [-0.1, -0.05) is 45.0 Å². The molecule has 0 saturated heterocycles. The highest BCUT2D eigenvalue weighted by molar-refractivity contribution is 5.29. The molecule has 1 aliphatic carbocycles. The topological polar surface area (TPSA) is 32.3 Å². The molecule has 2 heteroatoms. The van der Waals surface area contributed by atoms with Gasteiger partial charge in [-0.2, -0.15) is 0 Å². The summed E-state index contributed by atoms with van der Waals surface area (Å²) in [6, 6.07) is 9.34. The van der Waals surface area contributed by atoms with Gasteiger partial charge in [-0.25, -0.2) is 0 Å². The summed E-state index contributed by atoms with van der Waals surface area (Å²) in [6.45, 7) is 10.3. The molecule has 0 radical (unpaired) electrons. The van der Waals surface area contributed by atoms with E-state index in [0.717, 1.165) is 13.0 Å². The van der Waals surface area contributed by atoms with Crippen molar-refractivity contribution in [1.82, 2.24) is 5.32 Å². The largest absolute Gasteiger partial charge is 0.396 e. The van der Waals surface area contributed by atoms with Crippen LogP contribution in [0, 0.1) is 5.41 Å². The fourth-order valence-electron chi connectivity index (χ4n) is 2.69. The van der Waals surface area contributed by atoms with E-state index < -0.39 is 0 Å². The average Bonchev–Trinajstić information content (AvgIpc) is 3.16. The minimum Gasteiger partial charge on any atom is -0.396 e. The Morgan fingerprint density at radius 2 is 1.80 bits per heavy atom. The van der Waals surface area contributed by atoms with Crippen LogP contribution in [0.1, 0.15) is 64.1 Å². The Bertz CT molecular complexity index is 426. The molecule has 0 amide bonds. The molecule has 0 bridgehead atoms. The Morgan fingerprint density at radius 3 is 2.25 bits per heavy atom. The van der Waals surface area contributed by atoms with E-state index in [0.29, 0.717) is 18.1 Å². The summed E-state index contributed by atoms with van der Waals surface area (Å²) >= 11 is 0. The standard InChI is InChI=1S/C18H29NO/c1-14(19-13-18(9-10-18)11-12-20)15-5-7-16(8-6-15)17(2,3)4/h5-8,14,19-20H,9-13H2,1-4H3. The number of hydrogen-bond donors (Lipinski definition) is 2. The molecule has 1 saturated carbocycles. The minimum absolute atomic E-state index is 0.217. The zero-order valence-electron chi connectivity index (χ0n) is 13.4. The average molecular weight is 275 g/mol. The van der Waals surface area contributed by atoms with Crippen molar-refractivity contribution in [2.75, 3.05) is 13.2 Å². The molecule has 0 aromatic heterocycles. The van der Waals surface area contributed by atoms with E-state index in [9.17, 15) is 0 Å². The lowest BCUT2D eigenvalue weighted by Gasteiger charge is -2.22. The molecule has 1 fully saturated rings. The van der Waals surface area contributed by atoms with Crippen LogP contribution in [0.25, 0.3) is 0 Å². The van der Waals surface area contributed by atoms with E-state index in [4.69, 9.17) is 5.11 Å². The molecule has 1 aromatic rings. The molecule has 2 nitrogen and oxygen atoms in total. The summed E-state index contributed by atoms with van der Waals surface area (Å²) in [5.41, 5.74) is 3.33. The first-order chi connectivity index (χ1) is 9.36. The third-order valence-corrected chi connectivity index (χ3v) is 4.66. The molecule has 1 aliphatic rings. The molecule has 0 heterocycles. The molecule has 0 spiro atoms. The van der Waals surface area contributed by atoms with Crippen LogP contribution < -0.4 is 5.32 Å². The number of rotatable bonds is 6. The minimum atomic E-state index is 0.217. The van der Waals surface area contributed by atoms with E-state index in [1.807, 2.05) is 0 Å². The molecule has 1 aromatic carbocycles. The van der Waals surface area contributed by atoms with E-state index in [2.05, 4.69) is 57.3 Å². The van der Waals surface area contributed by atoms with Gasteiger partial charge in [0.05, 0.1) is 0 Å². The highest BCUT2D eigenvalue weighted by atomic mass is 16.3. The number of benzene rings is 1. The fraction of sp³-hybridized carbons (Fsp3) is 0.667. The molecule has 20 heavy (non-hydrogen) atoms. The molecule has 0 aliphatic heterocycles. The van der Waals surface area contributed by atoms with Crippen LogP contribution in [0.4, 0.5) is 0 Å². The summed E-state index contributed by atoms with van der Waals surface area (Å²) in [5, 5.41) is 12.7. The Kier molecular flexibility index (Phi) is 4.55. The molecule has 112 valence electrons. The van der Waals surface area contributed by atoms with Crippen molar-refractivity contribution >= 4 is 0 Å². The van der Waals surface area contributed by atoms with Crippen LogP contribution in [0.15, 0.2) is 24.3 Å². The second-order valence-corrected chi connectivity index (χ2v) is 7.45. The van der Waals surface area contributed by atoms with Gasteiger partial charge in [0.2, 0.25) is 0 Å². The van der Waals surface area contributed by atoms with Crippen molar-refractivity contribution in [3.63, 3.8) is 0 Å². The van der Waals surface area contributed by atoms with Crippen LogP contribution >= 0.6 is 0 Å². The number of nitrogens with one attached hydrogen (secondary N) is 1. The van der Waals surface area contributed by atoms with Crippen molar-refractivity contribution in [3.05, 3.63) is 35.4 Å². The van der Waals surface area contributed by atoms with Gasteiger partial charge in [-0.3, -0.25) is 0 Å². The van der Waals surface area contributed by atoms with Gasteiger partial charge in [0.15, 0.2) is 0 Å². The van der Waals surface area contributed by atoms with Gasteiger partial charge in [-0.05, 0) is 48.1 Å². The molecule has 1 atom stereocenters. The normalized spacial score (nSPS) is 18.9. The quantitative estimate of drug-likeness (QED) is 0.827. The van der Waals surface area contributed by atoms with Gasteiger partial charge in [0, 0.05) is 19.2 Å². The summed E-state index contributed by atoms with van der Waals surface area (Å²) in [7, 11) is 0. The first-order valence-electron chi connectivity index (χ1n) is 7.81. The first-order valence-corrected chi connectivity index (χ1v) is 7.81. The Hall–Kier alpha value is -0.860. The first kappa shape index (κ1) is 15.5. The lowest BCUT2D eigenvalue weighted by molar-refractivity contribution is 0.243. The maximum Gasteiger partial charge on any atom is 0.0436 e. The van der Waals surface area contributed by atoms with Crippen molar-refractivity contribution in [2.24, 2.45) is 5.41 Å². The van der Waals surface area contributed by atoms with E-state index >= 15 is 0 Å². The molecule has 1 unspecified atom stereocenters. The van der Waals surface area contributed by atoms with Crippen molar-refractivity contribution in [3.8, 4) is 0 Å². The molecule has 2 rings (SSSR count). The third-order valence-electron chi connectivity index (χ3n) is 4.66. The predicted molar refractivity (Wildman–Crippen MR) is 84.9 cm³/mol. The SMILES string of the molecule is CC(NCC1(CCO)CC1)c1ccc(C(C)(C)C)cc1. The molecular formula is C18H29NO. The fourth-order valence-corrected chi connectivity index (χ4v) is 2.69. The number of aliphatic hydroxyl groups is 1. The van der Waals surface area contributed by atoms with Crippen LogP contribution in [0.5, 0.6) is 0 Å². The lowest BCUT2D eigenvalue weighted by Crippen LogP contribution is -2.27. The van der Waals surface area contributed by atoms with E-state index in [1.165, 1.54) is 24.0 Å². The monoisotopic (exact) mass is 275 g/mol. The van der Waals surface area contributed by atoms with Crippen LogP contribution in [-0.2, 0) is 5.41 Å². The Morgan fingerprint density at radius 1 is 1.20 bits per heavy atom. The van der Waals surface area contributed by atoms with Gasteiger partial charge < -0.3 is 10.4 Å². The third kappa shape index (κ3) is 3.83. The second-order valence-electron chi connectivity index (χ2n) is 7.45. The highest BCUT2D eigenvalue weighted by Gasteiger charge is 2.41. The van der Waals surface area contributed by atoms with Crippen LogP contribution in [0.3, 0.4) is 0 Å². The van der Waals surface area contributed by atoms with Gasteiger partial charge in [-0.15, -0.1) is 0 Å². The second kappa shape index (κ2) is 5.87. The zero-order chi connectivity index (χ0) is 14.8. The van der Waals surface area contributed by atoms with Crippen molar-refractivity contribution in [1.29, 1.82) is 0 Å². The Balaban J connectivity index is 1.91. The van der Waals surface area contributed by atoms with E-state index in [-0.39, 0.29) is 5.41 Å². The maximum atomic E-state index is 9.10. The van der Waals surface area contributed by atoms with Gasteiger partial charge in [0.1, 0.15) is 0 Å². The summed E-state index contributed by atoms with van der Waals surface area (Å²) in [5.74, 6) is 0. The highest BCUT2D eigenvalue weighted by Crippen LogP contribution is 2.48. The smallest absolute Gasteiger partial charge is 0.0436 e. The summed E-state index contributed by atoms with van der Waals surface area (Å²) in [6.07, 6.45) is 3.46. The predicted octanol–water partition coefficient (Wildman–Crippen LogP) is 3.80.